The van der Waals surface area contributed by atoms with Crippen molar-refractivity contribution in [3.63, 3.8) is 0 Å². The van der Waals surface area contributed by atoms with Crippen molar-refractivity contribution in [1.82, 2.24) is 14.8 Å². The Labute approximate surface area is 83.6 Å². The molecule has 74 valence electrons. The van der Waals surface area contributed by atoms with Gasteiger partial charge in [-0.15, -0.1) is 10.2 Å². The summed E-state index contributed by atoms with van der Waals surface area (Å²) in [5.74, 6) is -0.565. The molecule has 0 amide bonds. The maximum absolute atomic E-state index is 13.1. The number of azide groups is 1. The quantitative estimate of drug-likeness (QED) is 0.427. The lowest BCUT2D eigenvalue weighted by Crippen LogP contribution is -1.90. The molecule has 15 heavy (non-hydrogen) atoms. The average Bonchev–Trinajstić information content (AvgIpc) is 2.75. The van der Waals surface area contributed by atoms with Gasteiger partial charge in [0.15, 0.2) is 0 Å². The lowest BCUT2D eigenvalue weighted by Gasteiger charge is -2.02. The van der Waals surface area contributed by atoms with Crippen LogP contribution in [0.1, 0.15) is 0 Å². The topological polar surface area (TPSA) is 79.5 Å². The molecular formula is C8H5FN6. The van der Waals surface area contributed by atoms with Gasteiger partial charge in [0.2, 0.25) is 0 Å². The number of hydrogen-bond donors (Lipinski definition) is 0. The molecule has 2 aromatic rings. The minimum atomic E-state index is -0.565. The van der Waals surface area contributed by atoms with Crippen molar-refractivity contribution in [3.8, 4) is 5.69 Å². The van der Waals surface area contributed by atoms with Crippen molar-refractivity contribution in [2.75, 3.05) is 0 Å². The van der Waals surface area contributed by atoms with Crippen LogP contribution in [-0.4, -0.2) is 14.8 Å². The van der Waals surface area contributed by atoms with E-state index in [-0.39, 0.29) is 5.69 Å². The Morgan fingerprint density at radius 1 is 1.33 bits per heavy atom. The highest BCUT2D eigenvalue weighted by Crippen LogP contribution is 2.21. The summed E-state index contributed by atoms with van der Waals surface area (Å²) in [6.45, 7) is 0. The highest BCUT2D eigenvalue weighted by molar-refractivity contribution is 5.48. The Morgan fingerprint density at radius 3 is 2.73 bits per heavy atom. The van der Waals surface area contributed by atoms with Gasteiger partial charge in [0.1, 0.15) is 18.5 Å². The molecule has 0 radical (unpaired) electrons. The highest BCUT2D eigenvalue weighted by Gasteiger charge is 2.02. The normalized spacial score (nSPS) is 9.67. The molecule has 0 saturated carbocycles. The second kappa shape index (κ2) is 3.77. The second-order valence-corrected chi connectivity index (χ2v) is 2.69. The predicted octanol–water partition coefficient (Wildman–Crippen LogP) is 2.35. The van der Waals surface area contributed by atoms with E-state index in [4.69, 9.17) is 5.53 Å². The summed E-state index contributed by atoms with van der Waals surface area (Å²) in [4.78, 5) is 2.53. The van der Waals surface area contributed by atoms with Gasteiger partial charge in [-0.1, -0.05) is 5.11 Å². The number of rotatable bonds is 2. The molecule has 1 heterocycles. The summed E-state index contributed by atoms with van der Waals surface area (Å²) in [6, 6.07) is 4.17. The fourth-order valence-corrected chi connectivity index (χ4v) is 1.12. The Bertz CT molecular complexity index is 514. The van der Waals surface area contributed by atoms with Gasteiger partial charge in [-0.2, -0.15) is 0 Å². The zero-order chi connectivity index (χ0) is 10.7. The molecule has 7 heteroatoms. The molecule has 6 nitrogen and oxygen atoms in total. The van der Waals surface area contributed by atoms with E-state index >= 15 is 0 Å². The Balaban J connectivity index is 2.52. The van der Waals surface area contributed by atoms with E-state index in [1.54, 1.807) is 4.57 Å². The van der Waals surface area contributed by atoms with Crippen LogP contribution in [-0.2, 0) is 0 Å². The fourth-order valence-electron chi connectivity index (χ4n) is 1.12. The van der Waals surface area contributed by atoms with Gasteiger partial charge in [0, 0.05) is 10.6 Å². The van der Waals surface area contributed by atoms with Gasteiger partial charge < -0.3 is 0 Å². The lowest BCUT2D eigenvalue weighted by atomic mass is 10.2. The maximum atomic E-state index is 13.1. The third kappa shape index (κ3) is 1.77. The molecular weight excluding hydrogens is 199 g/mol. The van der Waals surface area contributed by atoms with E-state index < -0.39 is 5.82 Å². The van der Waals surface area contributed by atoms with Crippen LogP contribution in [0.2, 0.25) is 0 Å². The van der Waals surface area contributed by atoms with Crippen LogP contribution in [0.25, 0.3) is 16.1 Å². The number of halogens is 1. The third-order valence-electron chi connectivity index (χ3n) is 1.80. The summed E-state index contributed by atoms with van der Waals surface area (Å²) < 4.78 is 14.7. The third-order valence-corrected chi connectivity index (χ3v) is 1.80. The van der Waals surface area contributed by atoms with Crippen molar-refractivity contribution < 1.29 is 4.39 Å². The van der Waals surface area contributed by atoms with Crippen LogP contribution >= 0.6 is 0 Å². The van der Waals surface area contributed by atoms with E-state index in [2.05, 4.69) is 20.2 Å². The van der Waals surface area contributed by atoms with Gasteiger partial charge in [0.25, 0.3) is 0 Å². The first kappa shape index (κ1) is 9.17. The highest BCUT2D eigenvalue weighted by atomic mass is 19.1. The molecule has 0 spiro atoms. The van der Waals surface area contributed by atoms with Crippen LogP contribution < -0.4 is 0 Å². The molecule has 0 aliphatic heterocycles. The molecule has 0 N–H and O–H groups in total. The first-order valence-electron chi connectivity index (χ1n) is 4.01. The van der Waals surface area contributed by atoms with E-state index in [9.17, 15) is 4.39 Å². The average molecular weight is 204 g/mol. The Morgan fingerprint density at radius 2 is 2.07 bits per heavy atom. The second-order valence-electron chi connectivity index (χ2n) is 2.69. The van der Waals surface area contributed by atoms with Crippen LogP contribution in [0.4, 0.5) is 10.1 Å². The molecule has 0 saturated heterocycles. The zero-order valence-corrected chi connectivity index (χ0v) is 7.45. The largest absolute Gasteiger partial charge is 0.288 e. The summed E-state index contributed by atoms with van der Waals surface area (Å²) in [5, 5.41) is 10.5. The van der Waals surface area contributed by atoms with Gasteiger partial charge in [-0.25, -0.2) is 4.39 Å². The van der Waals surface area contributed by atoms with E-state index in [1.807, 2.05) is 0 Å². The molecule has 0 fully saturated rings. The van der Waals surface area contributed by atoms with Gasteiger partial charge in [0.05, 0.1) is 5.69 Å². The van der Waals surface area contributed by atoms with Crippen LogP contribution in [0.5, 0.6) is 0 Å². The summed E-state index contributed by atoms with van der Waals surface area (Å²) >= 11 is 0. The van der Waals surface area contributed by atoms with Crippen molar-refractivity contribution in [2.24, 2.45) is 5.11 Å². The summed E-state index contributed by atoms with van der Waals surface area (Å²) in [5.41, 5.74) is 8.80. The standard InChI is InChI=1S/C8H5FN6/c9-7-2-1-6(3-8(7)13-14-10)15-4-11-12-5-15/h1-5H. The van der Waals surface area contributed by atoms with E-state index in [0.717, 1.165) is 0 Å². The van der Waals surface area contributed by atoms with Gasteiger partial charge >= 0.3 is 0 Å². The van der Waals surface area contributed by atoms with Crippen molar-refractivity contribution in [1.29, 1.82) is 0 Å². The van der Waals surface area contributed by atoms with Crippen molar-refractivity contribution in [3.05, 3.63) is 47.1 Å². The monoisotopic (exact) mass is 204 g/mol. The minimum Gasteiger partial charge on any atom is -0.288 e. The Hall–Kier alpha value is -2.40. The lowest BCUT2D eigenvalue weighted by molar-refractivity contribution is 0.629. The number of nitrogens with zero attached hydrogens (tertiary/aromatic N) is 6. The first-order chi connectivity index (χ1) is 7.31. The van der Waals surface area contributed by atoms with E-state index in [0.29, 0.717) is 5.69 Å². The fraction of sp³-hybridized carbons (Fsp3) is 0. The van der Waals surface area contributed by atoms with Gasteiger partial charge in [-0.3, -0.25) is 4.57 Å². The minimum absolute atomic E-state index is 0.0521. The van der Waals surface area contributed by atoms with Crippen LogP contribution in [0.15, 0.2) is 36.0 Å². The molecule has 1 aromatic heterocycles. The molecule has 2 rings (SSSR count). The molecule has 0 atom stereocenters. The molecule has 0 bridgehead atoms. The molecule has 0 unspecified atom stereocenters. The Kier molecular flexibility index (Phi) is 2.30. The van der Waals surface area contributed by atoms with Crippen LogP contribution in [0, 0.1) is 5.82 Å². The molecule has 0 aliphatic rings. The SMILES string of the molecule is [N-]=[N+]=Nc1cc(-n2cnnc2)ccc1F. The summed E-state index contributed by atoms with van der Waals surface area (Å²) in [7, 11) is 0. The molecule has 1 aromatic carbocycles. The van der Waals surface area contributed by atoms with Crippen molar-refractivity contribution in [2.45, 2.75) is 0 Å². The molecule has 0 aliphatic carbocycles. The first-order valence-corrected chi connectivity index (χ1v) is 4.01. The van der Waals surface area contributed by atoms with Crippen molar-refractivity contribution >= 4 is 5.69 Å². The number of benzene rings is 1. The number of aromatic nitrogens is 3. The summed E-state index contributed by atoms with van der Waals surface area (Å²) in [6.07, 6.45) is 2.93. The van der Waals surface area contributed by atoms with Gasteiger partial charge in [-0.05, 0) is 23.7 Å². The van der Waals surface area contributed by atoms with Crippen LogP contribution in [0.3, 0.4) is 0 Å². The smallest absolute Gasteiger partial charge is 0.132 e. The van der Waals surface area contributed by atoms with E-state index in [1.165, 1.54) is 30.9 Å². The number of hydrogen-bond acceptors (Lipinski definition) is 3. The maximum Gasteiger partial charge on any atom is 0.132 e. The zero-order valence-electron chi connectivity index (χ0n) is 7.45. The predicted molar refractivity (Wildman–Crippen MR) is 50.1 cm³/mol.